The highest BCUT2D eigenvalue weighted by Gasteiger charge is 2.13. The number of nitrogens with one attached hydrogen (secondary N) is 1. The molecule has 0 aromatic heterocycles. The molecule has 7 nitrogen and oxygen atoms in total. The van der Waals surface area contributed by atoms with Gasteiger partial charge in [-0.1, -0.05) is 30.3 Å². The molecule has 0 spiro atoms. The summed E-state index contributed by atoms with van der Waals surface area (Å²) in [6.45, 7) is 0. The van der Waals surface area contributed by atoms with Crippen LogP contribution in [0.25, 0.3) is 10.8 Å². The van der Waals surface area contributed by atoms with Crippen LogP contribution in [0.15, 0.2) is 90.0 Å². The molecule has 0 aliphatic rings. The lowest BCUT2D eigenvalue weighted by atomic mass is 10.1. The van der Waals surface area contributed by atoms with Gasteiger partial charge in [0.2, 0.25) is 0 Å². The number of hydrogen-bond acceptors (Lipinski definition) is 6. The molecular weight excluding hydrogens is 432 g/mol. The summed E-state index contributed by atoms with van der Waals surface area (Å²) in [5, 5.41) is 6.05. The fourth-order valence-electron chi connectivity index (χ4n) is 3.30. The molecule has 0 radical (unpaired) electrons. The van der Waals surface area contributed by atoms with Crippen molar-refractivity contribution in [1.29, 1.82) is 0 Å². The molecule has 34 heavy (non-hydrogen) atoms. The number of amides is 1. The van der Waals surface area contributed by atoms with Gasteiger partial charge in [-0.3, -0.25) is 4.79 Å². The minimum Gasteiger partial charge on any atom is -0.497 e. The Balaban J connectivity index is 1.45. The van der Waals surface area contributed by atoms with E-state index in [2.05, 4.69) is 10.5 Å². The van der Waals surface area contributed by atoms with Crippen molar-refractivity contribution < 1.29 is 23.8 Å². The summed E-state index contributed by atoms with van der Waals surface area (Å²) in [6.07, 6.45) is 1.46. The van der Waals surface area contributed by atoms with Crippen LogP contribution in [0.2, 0.25) is 0 Å². The van der Waals surface area contributed by atoms with Crippen molar-refractivity contribution in [3.63, 3.8) is 0 Å². The maximum Gasteiger partial charge on any atom is 0.343 e. The highest BCUT2D eigenvalue weighted by Crippen LogP contribution is 2.28. The van der Waals surface area contributed by atoms with E-state index in [4.69, 9.17) is 14.2 Å². The Bertz CT molecular complexity index is 1360. The highest BCUT2D eigenvalue weighted by atomic mass is 16.6. The van der Waals surface area contributed by atoms with Crippen LogP contribution in [0.1, 0.15) is 26.3 Å². The second kappa shape index (κ2) is 10.3. The van der Waals surface area contributed by atoms with Crippen molar-refractivity contribution in [3.8, 4) is 17.2 Å². The quantitative estimate of drug-likeness (QED) is 0.187. The Morgan fingerprint density at radius 1 is 0.765 bits per heavy atom. The molecule has 1 N–H and O–H groups in total. The van der Waals surface area contributed by atoms with Gasteiger partial charge in [-0.15, -0.1) is 0 Å². The number of fused-ring (bicyclic) bond motifs is 1. The average Bonchev–Trinajstić information content (AvgIpc) is 2.88. The molecule has 0 aliphatic heterocycles. The largest absolute Gasteiger partial charge is 0.497 e. The molecule has 0 heterocycles. The molecule has 4 rings (SSSR count). The monoisotopic (exact) mass is 454 g/mol. The molecule has 0 saturated carbocycles. The van der Waals surface area contributed by atoms with Crippen molar-refractivity contribution in [3.05, 3.63) is 102 Å². The van der Waals surface area contributed by atoms with E-state index >= 15 is 0 Å². The third kappa shape index (κ3) is 5.21. The number of nitrogens with zero attached hydrogens (tertiary/aromatic N) is 1. The molecule has 4 aromatic carbocycles. The van der Waals surface area contributed by atoms with Crippen molar-refractivity contribution >= 4 is 28.9 Å². The van der Waals surface area contributed by atoms with Gasteiger partial charge in [-0.2, -0.15) is 5.10 Å². The third-order valence-electron chi connectivity index (χ3n) is 5.11. The average molecular weight is 454 g/mol. The predicted molar refractivity (Wildman–Crippen MR) is 130 cm³/mol. The van der Waals surface area contributed by atoms with Crippen LogP contribution in [0.3, 0.4) is 0 Å². The van der Waals surface area contributed by atoms with Crippen LogP contribution in [-0.4, -0.2) is 32.3 Å². The maximum atomic E-state index is 12.5. The summed E-state index contributed by atoms with van der Waals surface area (Å²) < 4.78 is 15.9. The Morgan fingerprint density at radius 2 is 1.50 bits per heavy atom. The van der Waals surface area contributed by atoms with E-state index in [1.54, 1.807) is 55.6 Å². The number of hydrogen-bond donors (Lipinski definition) is 1. The van der Waals surface area contributed by atoms with Gasteiger partial charge >= 0.3 is 5.97 Å². The molecule has 0 unspecified atom stereocenters. The van der Waals surface area contributed by atoms with Crippen LogP contribution < -0.4 is 19.6 Å². The zero-order valence-electron chi connectivity index (χ0n) is 18.6. The SMILES string of the molecule is COc1ccc(C(=O)Oc2cc(/C=N\NC(=O)c3ccc4ccccc4c3)ccc2OC)cc1. The predicted octanol–water partition coefficient (Wildman–Crippen LogP) is 4.84. The van der Waals surface area contributed by atoms with Crippen LogP contribution in [0.5, 0.6) is 17.2 Å². The summed E-state index contributed by atoms with van der Waals surface area (Å²) in [6, 6.07) is 24.8. The Hall–Kier alpha value is -4.65. The first-order chi connectivity index (χ1) is 16.6. The molecule has 170 valence electrons. The summed E-state index contributed by atoms with van der Waals surface area (Å²) in [5.74, 6) is 0.381. The number of ether oxygens (including phenoxy) is 3. The van der Waals surface area contributed by atoms with Crippen LogP contribution in [-0.2, 0) is 0 Å². The Labute approximate surface area is 196 Å². The number of hydrazone groups is 1. The highest BCUT2D eigenvalue weighted by molar-refractivity contribution is 5.99. The van der Waals surface area contributed by atoms with Gasteiger partial charge in [0.25, 0.3) is 5.91 Å². The molecule has 0 aliphatic carbocycles. The molecule has 1 amide bonds. The molecular formula is C27H22N2O5. The molecule has 0 fully saturated rings. The topological polar surface area (TPSA) is 86.2 Å². The second-order valence-corrected chi connectivity index (χ2v) is 7.29. The molecule has 0 bridgehead atoms. The Kier molecular flexibility index (Phi) is 6.84. The van der Waals surface area contributed by atoms with E-state index in [1.165, 1.54) is 13.3 Å². The first-order valence-corrected chi connectivity index (χ1v) is 10.4. The van der Waals surface area contributed by atoms with E-state index in [1.807, 2.05) is 36.4 Å². The molecule has 7 heteroatoms. The van der Waals surface area contributed by atoms with E-state index in [0.29, 0.717) is 28.2 Å². The minimum absolute atomic E-state index is 0.230. The van der Waals surface area contributed by atoms with Gasteiger partial charge in [-0.25, -0.2) is 10.2 Å². The number of esters is 1. The van der Waals surface area contributed by atoms with Crippen LogP contribution >= 0.6 is 0 Å². The van der Waals surface area contributed by atoms with Crippen LogP contribution in [0.4, 0.5) is 0 Å². The van der Waals surface area contributed by atoms with Gasteiger partial charge in [0.15, 0.2) is 11.5 Å². The van der Waals surface area contributed by atoms with E-state index in [9.17, 15) is 9.59 Å². The van der Waals surface area contributed by atoms with Crippen molar-refractivity contribution in [2.24, 2.45) is 5.10 Å². The first-order valence-electron chi connectivity index (χ1n) is 10.4. The number of rotatable bonds is 7. The molecule has 4 aromatic rings. The number of carbonyl (C=O) groups excluding carboxylic acids is 2. The van der Waals surface area contributed by atoms with Gasteiger partial charge in [-0.05, 0) is 70.9 Å². The normalized spacial score (nSPS) is 10.8. The number of carbonyl (C=O) groups is 2. The fourth-order valence-corrected chi connectivity index (χ4v) is 3.30. The van der Waals surface area contributed by atoms with E-state index in [-0.39, 0.29) is 11.7 Å². The van der Waals surface area contributed by atoms with Crippen molar-refractivity contribution in [2.75, 3.05) is 14.2 Å². The van der Waals surface area contributed by atoms with Crippen molar-refractivity contribution in [2.45, 2.75) is 0 Å². The van der Waals surface area contributed by atoms with Gasteiger partial charge < -0.3 is 14.2 Å². The van der Waals surface area contributed by atoms with Crippen LogP contribution in [0, 0.1) is 0 Å². The number of benzene rings is 4. The first kappa shape index (κ1) is 22.5. The summed E-state index contributed by atoms with van der Waals surface area (Å²) in [7, 11) is 3.03. The van der Waals surface area contributed by atoms with E-state index < -0.39 is 5.97 Å². The lowest BCUT2D eigenvalue weighted by Crippen LogP contribution is -2.17. The fraction of sp³-hybridized carbons (Fsp3) is 0.0741. The molecule has 0 saturated heterocycles. The lowest BCUT2D eigenvalue weighted by molar-refractivity contribution is 0.0729. The number of methoxy groups -OCH3 is 2. The zero-order chi connectivity index (χ0) is 23.9. The smallest absolute Gasteiger partial charge is 0.343 e. The standard InChI is InChI=1S/C27H22N2O5/c1-32-23-12-10-20(11-13-23)27(31)34-25-15-18(7-14-24(25)33-2)17-28-29-26(30)22-9-8-19-5-3-4-6-21(19)16-22/h3-17H,1-2H3,(H,29,30)/b28-17-. The second-order valence-electron chi connectivity index (χ2n) is 7.29. The summed E-state index contributed by atoms with van der Waals surface area (Å²) in [4.78, 5) is 25.0. The molecule has 0 atom stereocenters. The minimum atomic E-state index is -0.542. The van der Waals surface area contributed by atoms with Gasteiger partial charge in [0.1, 0.15) is 5.75 Å². The maximum absolute atomic E-state index is 12.5. The van der Waals surface area contributed by atoms with Gasteiger partial charge in [0, 0.05) is 5.56 Å². The summed E-state index contributed by atoms with van der Waals surface area (Å²) >= 11 is 0. The van der Waals surface area contributed by atoms with E-state index in [0.717, 1.165) is 10.8 Å². The third-order valence-corrected chi connectivity index (χ3v) is 5.11. The Morgan fingerprint density at radius 3 is 2.24 bits per heavy atom. The van der Waals surface area contributed by atoms with Gasteiger partial charge in [0.05, 0.1) is 26.0 Å². The summed E-state index contributed by atoms with van der Waals surface area (Å²) in [5.41, 5.74) is 3.99. The van der Waals surface area contributed by atoms with Crippen molar-refractivity contribution in [1.82, 2.24) is 5.43 Å². The zero-order valence-corrected chi connectivity index (χ0v) is 18.6. The lowest BCUT2D eigenvalue weighted by Gasteiger charge is -2.10.